The second-order valence-electron chi connectivity index (χ2n) is 6.93. The van der Waals surface area contributed by atoms with Crippen LogP contribution in [0.15, 0.2) is 29.4 Å². The maximum absolute atomic E-state index is 12.4. The first-order chi connectivity index (χ1) is 13.4. The lowest BCUT2D eigenvalue weighted by Crippen LogP contribution is -2.47. The van der Waals surface area contributed by atoms with Crippen LogP contribution in [0.2, 0.25) is 5.02 Å². The van der Waals surface area contributed by atoms with Gasteiger partial charge in [0, 0.05) is 23.7 Å². The molecule has 9 heteroatoms. The van der Waals surface area contributed by atoms with Crippen molar-refractivity contribution >= 4 is 35.3 Å². The molecule has 1 aromatic carbocycles. The molecule has 1 aliphatic rings. The molecule has 1 heterocycles. The molecule has 0 saturated heterocycles. The van der Waals surface area contributed by atoms with Crippen LogP contribution in [-0.4, -0.2) is 38.0 Å². The number of halogens is 1. The summed E-state index contributed by atoms with van der Waals surface area (Å²) in [6.45, 7) is 1.74. The minimum atomic E-state index is -0.488. The number of carbonyl (C=O) groups is 2. The maximum Gasteiger partial charge on any atom is 0.321 e. The van der Waals surface area contributed by atoms with Gasteiger partial charge in [-0.3, -0.25) is 10.1 Å². The van der Waals surface area contributed by atoms with Gasteiger partial charge in [-0.2, -0.15) is 0 Å². The van der Waals surface area contributed by atoms with Gasteiger partial charge in [-0.25, -0.2) is 4.79 Å². The SMILES string of the molecule is C[C@H](Sc1nnc(-c2ccc(Cl)cc2)n1C)C(=O)NC(=O)NC1CCCCC1. The topological polar surface area (TPSA) is 88.9 Å². The Hall–Kier alpha value is -2.06. The Balaban J connectivity index is 1.56. The van der Waals surface area contributed by atoms with Crippen molar-refractivity contribution in [3.05, 3.63) is 29.3 Å². The van der Waals surface area contributed by atoms with E-state index in [1.807, 2.05) is 23.7 Å². The van der Waals surface area contributed by atoms with E-state index >= 15 is 0 Å². The Labute approximate surface area is 173 Å². The monoisotopic (exact) mass is 421 g/mol. The van der Waals surface area contributed by atoms with Gasteiger partial charge in [-0.05, 0) is 44.0 Å². The van der Waals surface area contributed by atoms with Crippen LogP contribution in [0.3, 0.4) is 0 Å². The van der Waals surface area contributed by atoms with E-state index in [0.29, 0.717) is 16.0 Å². The number of amides is 3. The van der Waals surface area contributed by atoms with Crippen molar-refractivity contribution < 1.29 is 9.59 Å². The molecule has 1 aliphatic carbocycles. The van der Waals surface area contributed by atoms with Crippen LogP contribution in [0, 0.1) is 0 Å². The average Bonchev–Trinajstić information content (AvgIpc) is 3.03. The number of carbonyl (C=O) groups excluding carboxylic acids is 2. The zero-order valence-corrected chi connectivity index (χ0v) is 17.5. The standard InChI is InChI=1S/C19H24ClN5O2S/c1-12(17(26)22-18(27)21-15-6-4-3-5-7-15)28-19-24-23-16(25(19)2)13-8-10-14(20)11-9-13/h8-12,15H,3-7H2,1-2H3,(H2,21,22,26,27)/t12-/m0/s1. The van der Waals surface area contributed by atoms with Crippen LogP contribution in [0.25, 0.3) is 11.4 Å². The molecule has 28 heavy (non-hydrogen) atoms. The summed E-state index contributed by atoms with van der Waals surface area (Å²) in [5.74, 6) is 0.330. The summed E-state index contributed by atoms with van der Waals surface area (Å²) in [5.41, 5.74) is 0.884. The van der Waals surface area contributed by atoms with Crippen molar-refractivity contribution in [3.8, 4) is 11.4 Å². The second-order valence-corrected chi connectivity index (χ2v) is 8.67. The van der Waals surface area contributed by atoms with E-state index in [4.69, 9.17) is 11.6 Å². The van der Waals surface area contributed by atoms with E-state index in [9.17, 15) is 9.59 Å². The lowest BCUT2D eigenvalue weighted by Gasteiger charge is -2.23. The summed E-state index contributed by atoms with van der Waals surface area (Å²) in [6.07, 6.45) is 5.39. The van der Waals surface area contributed by atoms with Crippen LogP contribution < -0.4 is 10.6 Å². The molecular formula is C19H24ClN5O2S. The van der Waals surface area contributed by atoms with Crippen molar-refractivity contribution in [2.45, 2.75) is 55.5 Å². The number of hydrogen-bond acceptors (Lipinski definition) is 5. The summed E-state index contributed by atoms with van der Waals surface area (Å²) in [5, 5.41) is 14.5. The molecule has 150 valence electrons. The van der Waals surface area contributed by atoms with Crippen molar-refractivity contribution in [3.63, 3.8) is 0 Å². The molecule has 0 radical (unpaired) electrons. The molecule has 7 nitrogen and oxygen atoms in total. The second kappa shape index (κ2) is 9.43. The van der Waals surface area contributed by atoms with Gasteiger partial charge in [-0.1, -0.05) is 42.6 Å². The molecule has 1 aromatic heterocycles. The van der Waals surface area contributed by atoms with E-state index in [-0.39, 0.29) is 11.9 Å². The van der Waals surface area contributed by atoms with Gasteiger partial charge in [0.15, 0.2) is 11.0 Å². The zero-order chi connectivity index (χ0) is 20.1. The van der Waals surface area contributed by atoms with Gasteiger partial charge < -0.3 is 9.88 Å². The summed E-state index contributed by atoms with van der Waals surface area (Å²) >= 11 is 7.18. The first-order valence-corrected chi connectivity index (χ1v) is 10.6. The molecule has 0 aliphatic heterocycles. The molecule has 1 atom stereocenters. The number of nitrogens with zero attached hydrogens (tertiary/aromatic N) is 3. The predicted octanol–water partition coefficient (Wildman–Crippen LogP) is 3.77. The number of imide groups is 1. The molecule has 1 saturated carbocycles. The van der Waals surface area contributed by atoms with Gasteiger partial charge in [0.1, 0.15) is 0 Å². The number of hydrogen-bond donors (Lipinski definition) is 2. The van der Waals surface area contributed by atoms with Crippen molar-refractivity contribution in [2.24, 2.45) is 7.05 Å². The molecule has 1 fully saturated rings. The van der Waals surface area contributed by atoms with Gasteiger partial charge in [0.2, 0.25) is 5.91 Å². The maximum atomic E-state index is 12.4. The summed E-state index contributed by atoms with van der Waals surface area (Å²) in [7, 11) is 1.84. The van der Waals surface area contributed by atoms with Crippen LogP contribution >= 0.6 is 23.4 Å². The van der Waals surface area contributed by atoms with E-state index in [1.165, 1.54) is 18.2 Å². The van der Waals surface area contributed by atoms with Gasteiger partial charge >= 0.3 is 6.03 Å². The van der Waals surface area contributed by atoms with Crippen LogP contribution in [0.4, 0.5) is 4.79 Å². The fourth-order valence-electron chi connectivity index (χ4n) is 3.16. The molecule has 2 N–H and O–H groups in total. The first kappa shape index (κ1) is 20.7. The van der Waals surface area contributed by atoms with E-state index < -0.39 is 11.3 Å². The van der Waals surface area contributed by atoms with Crippen molar-refractivity contribution in [1.29, 1.82) is 0 Å². The van der Waals surface area contributed by atoms with E-state index in [1.54, 1.807) is 19.1 Å². The lowest BCUT2D eigenvalue weighted by molar-refractivity contribution is -0.119. The normalized spacial score (nSPS) is 15.8. The Morgan fingerprint density at radius 1 is 1.18 bits per heavy atom. The third-order valence-electron chi connectivity index (χ3n) is 4.77. The Bertz CT molecular complexity index is 833. The first-order valence-electron chi connectivity index (χ1n) is 9.37. The van der Waals surface area contributed by atoms with Gasteiger partial charge in [0.25, 0.3) is 0 Å². The molecule has 0 unspecified atom stereocenters. The zero-order valence-electron chi connectivity index (χ0n) is 15.9. The van der Waals surface area contributed by atoms with Crippen LogP contribution in [-0.2, 0) is 11.8 Å². The average molecular weight is 422 g/mol. The largest absolute Gasteiger partial charge is 0.335 e. The van der Waals surface area contributed by atoms with Crippen LogP contribution in [0.1, 0.15) is 39.0 Å². The highest BCUT2D eigenvalue weighted by molar-refractivity contribution is 8.00. The number of nitrogens with one attached hydrogen (secondary N) is 2. The smallest absolute Gasteiger partial charge is 0.321 e. The Kier molecular flexibility index (Phi) is 6.96. The third-order valence-corrected chi connectivity index (χ3v) is 6.15. The highest BCUT2D eigenvalue weighted by Crippen LogP contribution is 2.26. The highest BCUT2D eigenvalue weighted by atomic mass is 35.5. The quantitative estimate of drug-likeness (QED) is 0.717. The number of rotatable bonds is 5. The van der Waals surface area contributed by atoms with Crippen molar-refractivity contribution in [1.82, 2.24) is 25.4 Å². The third kappa shape index (κ3) is 5.26. The summed E-state index contributed by atoms with van der Waals surface area (Å²) < 4.78 is 1.82. The Morgan fingerprint density at radius 3 is 2.54 bits per heavy atom. The van der Waals surface area contributed by atoms with Gasteiger partial charge in [0.05, 0.1) is 5.25 Å². The highest BCUT2D eigenvalue weighted by Gasteiger charge is 2.22. The fraction of sp³-hybridized carbons (Fsp3) is 0.474. The molecule has 3 rings (SSSR count). The molecule has 0 bridgehead atoms. The van der Waals surface area contributed by atoms with Crippen molar-refractivity contribution in [2.75, 3.05) is 0 Å². The van der Waals surface area contributed by atoms with Gasteiger partial charge in [-0.15, -0.1) is 10.2 Å². The number of urea groups is 1. The molecular weight excluding hydrogens is 398 g/mol. The minimum absolute atomic E-state index is 0.158. The molecule has 3 amide bonds. The minimum Gasteiger partial charge on any atom is -0.335 e. The number of benzene rings is 1. The van der Waals surface area contributed by atoms with E-state index in [2.05, 4.69) is 20.8 Å². The number of thioether (sulfide) groups is 1. The van der Waals surface area contributed by atoms with E-state index in [0.717, 1.165) is 31.2 Å². The Morgan fingerprint density at radius 2 is 1.86 bits per heavy atom. The molecule has 2 aromatic rings. The number of aromatic nitrogens is 3. The predicted molar refractivity (Wildman–Crippen MR) is 110 cm³/mol. The fourth-order valence-corrected chi connectivity index (χ4v) is 4.10. The summed E-state index contributed by atoms with van der Waals surface area (Å²) in [4.78, 5) is 24.4. The van der Waals surface area contributed by atoms with Crippen LogP contribution in [0.5, 0.6) is 0 Å². The molecule has 0 spiro atoms. The summed E-state index contributed by atoms with van der Waals surface area (Å²) in [6, 6.07) is 7.05. The lowest BCUT2D eigenvalue weighted by atomic mass is 9.96.